The van der Waals surface area contributed by atoms with E-state index in [4.69, 9.17) is 0 Å². The van der Waals surface area contributed by atoms with Gasteiger partial charge in [-0.15, -0.1) is 13.2 Å². The van der Waals surface area contributed by atoms with Gasteiger partial charge in [0.25, 0.3) is 0 Å². The Hall–Kier alpha value is -1.13. The van der Waals surface area contributed by atoms with Gasteiger partial charge in [-0.2, -0.15) is 0 Å². The number of nitrogens with zero attached hydrogens (tertiary/aromatic N) is 1. The fourth-order valence-electron chi connectivity index (χ4n) is 0.672. The van der Waals surface area contributed by atoms with Crippen LogP contribution in [0.15, 0.2) is 18.5 Å². The van der Waals surface area contributed by atoms with Crippen LogP contribution in [-0.4, -0.2) is 10.9 Å². The highest BCUT2D eigenvalue weighted by Crippen LogP contribution is 2.21. The Morgan fingerprint density at radius 2 is 2.09 bits per heavy atom. The monoisotopic (exact) mass is 165 g/mol. The molecule has 0 aliphatic heterocycles. The molecule has 0 spiro atoms. The molecule has 0 unspecified atom stereocenters. The molecule has 1 rings (SSSR count). The summed E-state index contributed by atoms with van der Waals surface area (Å²) >= 11 is 0. The van der Waals surface area contributed by atoms with Crippen molar-refractivity contribution in [1.82, 2.24) is 4.57 Å². The van der Waals surface area contributed by atoms with Crippen LogP contribution in [0.3, 0.4) is 0 Å². The van der Waals surface area contributed by atoms with E-state index < -0.39 is 6.36 Å². The molecule has 1 heterocycles. The summed E-state index contributed by atoms with van der Waals surface area (Å²) in [5.41, 5.74) is 0. The highest BCUT2D eigenvalue weighted by Gasteiger charge is 2.31. The topological polar surface area (TPSA) is 14.2 Å². The summed E-state index contributed by atoms with van der Waals surface area (Å²) in [6.45, 7) is 0. The van der Waals surface area contributed by atoms with Gasteiger partial charge in [-0.3, -0.25) is 0 Å². The second-order valence-electron chi connectivity index (χ2n) is 2.06. The molecule has 11 heavy (non-hydrogen) atoms. The number of hydrogen-bond donors (Lipinski definition) is 0. The van der Waals surface area contributed by atoms with Gasteiger partial charge in [0.05, 0.1) is 0 Å². The standard InChI is InChI=1S/C6H6F3NO/c1-10-3-2-5(4-10)11-6(7,8)9/h2-4H,1H3. The van der Waals surface area contributed by atoms with Crippen molar-refractivity contribution in [3.8, 4) is 5.75 Å². The van der Waals surface area contributed by atoms with Gasteiger partial charge in [-0.05, 0) is 6.07 Å². The molecule has 5 heteroatoms. The molecule has 0 atom stereocenters. The number of aromatic nitrogens is 1. The lowest BCUT2D eigenvalue weighted by atomic mass is 10.6. The van der Waals surface area contributed by atoms with Crippen LogP contribution >= 0.6 is 0 Å². The van der Waals surface area contributed by atoms with E-state index in [-0.39, 0.29) is 5.75 Å². The van der Waals surface area contributed by atoms with Gasteiger partial charge in [0, 0.05) is 19.4 Å². The van der Waals surface area contributed by atoms with Crippen molar-refractivity contribution >= 4 is 0 Å². The molecule has 1 aromatic rings. The average Bonchev–Trinajstić information content (AvgIpc) is 2.10. The van der Waals surface area contributed by atoms with Crippen LogP contribution in [0.2, 0.25) is 0 Å². The normalized spacial score (nSPS) is 11.6. The summed E-state index contributed by atoms with van der Waals surface area (Å²) in [7, 11) is 1.61. The smallest absolute Gasteiger partial charge is 0.404 e. The zero-order valence-corrected chi connectivity index (χ0v) is 5.72. The van der Waals surface area contributed by atoms with Crippen molar-refractivity contribution in [1.29, 1.82) is 0 Å². The minimum atomic E-state index is -4.60. The first kappa shape index (κ1) is 7.97. The first-order valence-electron chi connectivity index (χ1n) is 2.85. The number of alkyl halides is 3. The molecule has 0 aromatic carbocycles. The third-order valence-electron chi connectivity index (χ3n) is 1.04. The van der Waals surface area contributed by atoms with Crippen LogP contribution < -0.4 is 4.74 Å². The molecular formula is C6H6F3NO. The summed E-state index contributed by atoms with van der Waals surface area (Å²) in [6, 6.07) is 1.24. The maximum atomic E-state index is 11.5. The average molecular weight is 165 g/mol. The maximum absolute atomic E-state index is 11.5. The van der Waals surface area contributed by atoms with E-state index in [2.05, 4.69) is 4.74 Å². The molecule has 0 radical (unpaired) electrons. The van der Waals surface area contributed by atoms with Crippen molar-refractivity contribution in [2.75, 3.05) is 0 Å². The van der Waals surface area contributed by atoms with Gasteiger partial charge in [-0.1, -0.05) is 0 Å². The van der Waals surface area contributed by atoms with Gasteiger partial charge in [0.2, 0.25) is 0 Å². The van der Waals surface area contributed by atoms with E-state index >= 15 is 0 Å². The molecule has 62 valence electrons. The third-order valence-corrected chi connectivity index (χ3v) is 1.04. The molecule has 0 saturated heterocycles. The van der Waals surface area contributed by atoms with Crippen LogP contribution in [0.1, 0.15) is 0 Å². The first-order chi connectivity index (χ1) is 4.97. The molecule has 0 amide bonds. The van der Waals surface area contributed by atoms with E-state index in [1.54, 1.807) is 7.05 Å². The van der Waals surface area contributed by atoms with Gasteiger partial charge in [-0.25, -0.2) is 0 Å². The van der Waals surface area contributed by atoms with E-state index in [1.165, 1.54) is 23.0 Å². The van der Waals surface area contributed by atoms with Crippen molar-refractivity contribution < 1.29 is 17.9 Å². The largest absolute Gasteiger partial charge is 0.573 e. The van der Waals surface area contributed by atoms with Crippen molar-refractivity contribution in [3.05, 3.63) is 18.5 Å². The second-order valence-corrected chi connectivity index (χ2v) is 2.06. The van der Waals surface area contributed by atoms with Crippen LogP contribution in [0, 0.1) is 0 Å². The molecule has 0 fully saturated rings. The minimum absolute atomic E-state index is 0.194. The number of aryl methyl sites for hydroxylation is 1. The van der Waals surface area contributed by atoms with Gasteiger partial charge in [0.1, 0.15) is 5.75 Å². The van der Waals surface area contributed by atoms with E-state index in [1.807, 2.05) is 0 Å². The maximum Gasteiger partial charge on any atom is 0.573 e. The number of ether oxygens (including phenoxy) is 1. The second kappa shape index (κ2) is 2.48. The molecule has 0 N–H and O–H groups in total. The predicted octanol–water partition coefficient (Wildman–Crippen LogP) is 1.92. The zero-order valence-electron chi connectivity index (χ0n) is 5.72. The van der Waals surface area contributed by atoms with E-state index in [0.717, 1.165) is 0 Å². The van der Waals surface area contributed by atoms with Crippen LogP contribution in [0.5, 0.6) is 5.75 Å². The molecule has 2 nitrogen and oxygen atoms in total. The summed E-state index contributed by atoms with van der Waals surface area (Å²) in [6.07, 6.45) is -1.88. The zero-order chi connectivity index (χ0) is 8.48. The Bertz CT molecular complexity index is 240. The number of halogens is 3. The van der Waals surface area contributed by atoms with Crippen molar-refractivity contribution in [3.63, 3.8) is 0 Å². The van der Waals surface area contributed by atoms with Gasteiger partial charge < -0.3 is 9.30 Å². The van der Waals surface area contributed by atoms with Crippen molar-refractivity contribution in [2.24, 2.45) is 7.05 Å². The Morgan fingerprint density at radius 1 is 1.45 bits per heavy atom. The molecule has 1 aromatic heterocycles. The van der Waals surface area contributed by atoms with Crippen LogP contribution in [0.4, 0.5) is 13.2 Å². The quantitative estimate of drug-likeness (QED) is 0.620. The number of hydrogen-bond acceptors (Lipinski definition) is 1. The Kier molecular flexibility index (Phi) is 1.80. The first-order valence-corrected chi connectivity index (χ1v) is 2.85. The van der Waals surface area contributed by atoms with Crippen LogP contribution in [0.25, 0.3) is 0 Å². The summed E-state index contributed by atoms with van der Waals surface area (Å²) in [5, 5.41) is 0. The highest BCUT2D eigenvalue weighted by molar-refractivity contribution is 5.17. The SMILES string of the molecule is Cn1ccc(OC(F)(F)F)c1. The minimum Gasteiger partial charge on any atom is -0.404 e. The number of rotatable bonds is 1. The predicted molar refractivity (Wildman–Crippen MR) is 32.1 cm³/mol. The fourth-order valence-corrected chi connectivity index (χ4v) is 0.672. The molecule has 0 aliphatic rings. The van der Waals surface area contributed by atoms with Gasteiger partial charge >= 0.3 is 6.36 Å². The summed E-state index contributed by atoms with van der Waals surface area (Å²) in [4.78, 5) is 0. The fraction of sp³-hybridized carbons (Fsp3) is 0.333. The van der Waals surface area contributed by atoms with Gasteiger partial charge in [0.15, 0.2) is 0 Å². The van der Waals surface area contributed by atoms with Crippen molar-refractivity contribution in [2.45, 2.75) is 6.36 Å². The molecular weight excluding hydrogens is 159 g/mol. The Morgan fingerprint density at radius 3 is 2.45 bits per heavy atom. The summed E-state index contributed by atoms with van der Waals surface area (Å²) in [5.74, 6) is -0.194. The molecule has 0 saturated carbocycles. The van der Waals surface area contributed by atoms with E-state index in [9.17, 15) is 13.2 Å². The Balaban J connectivity index is 2.65. The van der Waals surface area contributed by atoms with E-state index in [0.29, 0.717) is 0 Å². The lowest BCUT2D eigenvalue weighted by Gasteiger charge is -2.05. The lowest BCUT2D eigenvalue weighted by Crippen LogP contribution is -2.16. The van der Waals surface area contributed by atoms with Crippen LogP contribution in [-0.2, 0) is 7.05 Å². The third kappa shape index (κ3) is 2.53. The Labute approximate surface area is 61.2 Å². The lowest BCUT2D eigenvalue weighted by molar-refractivity contribution is -0.274. The highest BCUT2D eigenvalue weighted by atomic mass is 19.4. The molecule has 0 aliphatic carbocycles. The molecule has 0 bridgehead atoms. The summed E-state index contributed by atoms with van der Waals surface area (Å²) < 4.78 is 39.6.